The zero-order chi connectivity index (χ0) is 18.4. The Morgan fingerprint density at radius 3 is 2.20 bits per heavy atom. The van der Waals surface area contributed by atoms with Gasteiger partial charge in [-0.25, -0.2) is 13.6 Å². The normalized spacial score (nSPS) is 11.1. The number of hydrogen-bond donors (Lipinski definition) is 0. The van der Waals surface area contributed by atoms with Crippen LogP contribution in [0.4, 0.5) is 8.78 Å². The molecule has 0 bridgehead atoms. The predicted molar refractivity (Wildman–Crippen MR) is 88.5 cm³/mol. The Hall–Kier alpha value is -3.02. The molecule has 0 aliphatic rings. The van der Waals surface area contributed by atoms with Crippen LogP contribution < -0.4 is 4.74 Å². The summed E-state index contributed by atoms with van der Waals surface area (Å²) in [5.74, 6) is -2.76. The number of rotatable bonds is 6. The molecular formula is C19H16F2O4. The molecule has 0 unspecified atom stereocenters. The number of esters is 1. The van der Waals surface area contributed by atoms with E-state index < -0.39 is 23.4 Å². The van der Waals surface area contributed by atoms with Gasteiger partial charge in [-0.05, 0) is 61.9 Å². The van der Waals surface area contributed by atoms with Gasteiger partial charge in [0.1, 0.15) is 12.0 Å². The van der Waals surface area contributed by atoms with E-state index in [2.05, 4.69) is 0 Å². The number of aldehydes is 1. The van der Waals surface area contributed by atoms with Gasteiger partial charge in [-0.15, -0.1) is 0 Å². The summed E-state index contributed by atoms with van der Waals surface area (Å²) in [5.41, 5.74) is 0.811. The van der Waals surface area contributed by atoms with E-state index in [1.807, 2.05) is 0 Å². The highest BCUT2D eigenvalue weighted by atomic mass is 19.1. The van der Waals surface area contributed by atoms with Crippen LogP contribution in [0.25, 0.3) is 6.08 Å². The molecule has 0 spiro atoms. The molecule has 0 saturated carbocycles. The Morgan fingerprint density at radius 1 is 1.08 bits per heavy atom. The smallest absolute Gasteiger partial charge is 0.333 e. The van der Waals surface area contributed by atoms with Gasteiger partial charge in [-0.1, -0.05) is 0 Å². The fourth-order valence-electron chi connectivity index (χ4n) is 2.05. The van der Waals surface area contributed by atoms with E-state index in [1.54, 1.807) is 6.92 Å². The van der Waals surface area contributed by atoms with Crippen molar-refractivity contribution in [2.75, 3.05) is 6.61 Å². The zero-order valence-corrected chi connectivity index (χ0v) is 13.7. The lowest BCUT2D eigenvalue weighted by Gasteiger charge is -2.09. The minimum atomic E-state index is -0.914. The summed E-state index contributed by atoms with van der Waals surface area (Å²) < 4.78 is 38.4. The van der Waals surface area contributed by atoms with E-state index in [0.717, 1.165) is 12.1 Å². The van der Waals surface area contributed by atoms with Crippen LogP contribution in [0.5, 0.6) is 11.5 Å². The van der Waals surface area contributed by atoms with Crippen LogP contribution in [0, 0.1) is 11.6 Å². The molecule has 0 aliphatic heterocycles. The number of hydrogen-bond acceptors (Lipinski definition) is 4. The molecule has 2 rings (SSSR count). The Morgan fingerprint density at radius 2 is 1.68 bits per heavy atom. The van der Waals surface area contributed by atoms with Gasteiger partial charge in [0.2, 0.25) is 0 Å². The second-order valence-corrected chi connectivity index (χ2v) is 5.15. The molecule has 6 heteroatoms. The summed E-state index contributed by atoms with van der Waals surface area (Å²) in [7, 11) is 0. The molecule has 0 N–H and O–H groups in total. The first-order valence-electron chi connectivity index (χ1n) is 7.52. The number of halogens is 2. The Kier molecular flexibility index (Phi) is 6.00. The largest absolute Gasteiger partial charge is 0.463 e. The van der Waals surface area contributed by atoms with Crippen molar-refractivity contribution in [3.63, 3.8) is 0 Å². The van der Waals surface area contributed by atoms with Gasteiger partial charge in [-0.2, -0.15) is 0 Å². The molecular weight excluding hydrogens is 330 g/mol. The highest BCUT2D eigenvalue weighted by molar-refractivity contribution is 5.93. The van der Waals surface area contributed by atoms with Gasteiger partial charge in [0.25, 0.3) is 0 Å². The summed E-state index contributed by atoms with van der Waals surface area (Å²) in [6, 6.07) is 7.92. The maximum Gasteiger partial charge on any atom is 0.333 e. The molecule has 0 aliphatic carbocycles. The third-order valence-electron chi connectivity index (χ3n) is 3.24. The molecule has 4 nitrogen and oxygen atoms in total. The molecule has 0 heterocycles. The topological polar surface area (TPSA) is 52.6 Å². The monoisotopic (exact) mass is 346 g/mol. The summed E-state index contributed by atoms with van der Waals surface area (Å²) in [6.45, 7) is 3.37. The molecule has 2 aromatic rings. The highest BCUT2D eigenvalue weighted by Crippen LogP contribution is 2.29. The van der Waals surface area contributed by atoms with Crippen molar-refractivity contribution in [2.24, 2.45) is 0 Å². The molecule has 0 saturated heterocycles. The van der Waals surface area contributed by atoms with Crippen LogP contribution in [-0.4, -0.2) is 18.9 Å². The van der Waals surface area contributed by atoms with Crippen LogP contribution in [0.15, 0.2) is 42.0 Å². The first-order chi connectivity index (χ1) is 11.9. The quantitative estimate of drug-likeness (QED) is 0.438. The van der Waals surface area contributed by atoms with Crippen molar-refractivity contribution >= 4 is 18.3 Å². The van der Waals surface area contributed by atoms with Crippen LogP contribution in [0.2, 0.25) is 0 Å². The number of carbonyl (C=O) groups is 2. The summed E-state index contributed by atoms with van der Waals surface area (Å²) in [5, 5.41) is 0. The number of benzene rings is 2. The van der Waals surface area contributed by atoms with Gasteiger partial charge < -0.3 is 9.47 Å². The molecule has 25 heavy (non-hydrogen) atoms. The van der Waals surface area contributed by atoms with E-state index in [9.17, 15) is 18.4 Å². The van der Waals surface area contributed by atoms with Gasteiger partial charge in [0, 0.05) is 11.1 Å². The second kappa shape index (κ2) is 8.19. The minimum Gasteiger partial charge on any atom is -0.463 e. The van der Waals surface area contributed by atoms with Crippen molar-refractivity contribution in [3.05, 3.63) is 64.7 Å². The average molecular weight is 346 g/mol. The maximum atomic E-state index is 14.2. The Balaban J connectivity index is 2.25. The standard InChI is InChI=1S/C19H16F2O4/c1-3-24-19(23)12(2)8-14-9-16(20)18(17(21)10-14)25-15-6-4-13(11-22)5-7-15/h4-11H,3H2,1-2H3/b12-8+. The first kappa shape index (κ1) is 18.3. The SMILES string of the molecule is CCOC(=O)/C(C)=C/c1cc(F)c(Oc2ccc(C=O)cc2)c(F)c1. The minimum absolute atomic E-state index is 0.171. The lowest BCUT2D eigenvalue weighted by Crippen LogP contribution is -2.05. The van der Waals surface area contributed by atoms with Crippen LogP contribution in [0.3, 0.4) is 0 Å². The number of carbonyl (C=O) groups excluding carboxylic acids is 2. The first-order valence-corrected chi connectivity index (χ1v) is 7.52. The summed E-state index contributed by atoms with van der Waals surface area (Å²) in [6.07, 6.45) is 1.98. The lowest BCUT2D eigenvalue weighted by atomic mass is 10.1. The van der Waals surface area contributed by atoms with E-state index in [1.165, 1.54) is 37.3 Å². The Bertz CT molecular complexity index is 788. The molecule has 130 valence electrons. The maximum absolute atomic E-state index is 14.2. The number of ether oxygens (including phenoxy) is 2. The van der Waals surface area contributed by atoms with Crippen molar-refractivity contribution in [1.82, 2.24) is 0 Å². The summed E-state index contributed by atoms with van der Waals surface area (Å²) in [4.78, 5) is 22.1. The zero-order valence-electron chi connectivity index (χ0n) is 13.7. The molecule has 0 amide bonds. The van der Waals surface area contributed by atoms with Gasteiger partial charge in [-0.3, -0.25) is 4.79 Å². The van der Waals surface area contributed by atoms with Crippen LogP contribution in [-0.2, 0) is 9.53 Å². The molecule has 2 aromatic carbocycles. The van der Waals surface area contributed by atoms with Crippen LogP contribution in [0.1, 0.15) is 29.8 Å². The fourth-order valence-corrected chi connectivity index (χ4v) is 2.05. The van der Waals surface area contributed by atoms with E-state index in [0.29, 0.717) is 11.8 Å². The van der Waals surface area contributed by atoms with E-state index in [4.69, 9.17) is 9.47 Å². The molecule has 0 atom stereocenters. The van der Waals surface area contributed by atoms with Crippen molar-refractivity contribution in [2.45, 2.75) is 13.8 Å². The van der Waals surface area contributed by atoms with Crippen molar-refractivity contribution in [1.29, 1.82) is 0 Å². The highest BCUT2D eigenvalue weighted by Gasteiger charge is 2.14. The van der Waals surface area contributed by atoms with Crippen molar-refractivity contribution < 1.29 is 27.8 Å². The second-order valence-electron chi connectivity index (χ2n) is 5.15. The molecule has 0 radical (unpaired) electrons. The van der Waals surface area contributed by atoms with Gasteiger partial charge in [0.15, 0.2) is 17.4 Å². The Labute approximate surface area is 143 Å². The van der Waals surface area contributed by atoms with E-state index >= 15 is 0 Å². The van der Waals surface area contributed by atoms with Crippen molar-refractivity contribution in [3.8, 4) is 11.5 Å². The van der Waals surface area contributed by atoms with Crippen LogP contribution >= 0.6 is 0 Å². The molecule has 0 aromatic heterocycles. The molecule has 0 fully saturated rings. The lowest BCUT2D eigenvalue weighted by molar-refractivity contribution is -0.138. The third-order valence-corrected chi connectivity index (χ3v) is 3.24. The van der Waals surface area contributed by atoms with Gasteiger partial charge in [0.05, 0.1) is 6.61 Å². The predicted octanol–water partition coefficient (Wildman–Crippen LogP) is 4.54. The van der Waals surface area contributed by atoms with E-state index in [-0.39, 0.29) is 23.5 Å². The fraction of sp³-hybridized carbons (Fsp3) is 0.158. The van der Waals surface area contributed by atoms with Gasteiger partial charge >= 0.3 is 5.97 Å². The third kappa shape index (κ3) is 4.73. The summed E-state index contributed by atoms with van der Waals surface area (Å²) >= 11 is 0. The average Bonchev–Trinajstić information content (AvgIpc) is 2.59.